The lowest BCUT2D eigenvalue weighted by atomic mass is 10.2. The average Bonchev–Trinajstić information content (AvgIpc) is 2.52. The Morgan fingerprint density at radius 2 is 2.09 bits per heavy atom. The van der Waals surface area contributed by atoms with Crippen LogP contribution in [0, 0.1) is 16.7 Å². The van der Waals surface area contributed by atoms with Crippen molar-refractivity contribution in [2.45, 2.75) is 0 Å². The minimum Gasteiger partial charge on any atom is -0.258 e. The number of nitriles is 1. The molecule has 0 saturated carbocycles. The topological polar surface area (TPSA) is 47.6 Å². The van der Waals surface area contributed by atoms with E-state index in [2.05, 4.69) is 0 Å². The molecular weight excluding hydrogens is 136 g/mol. The van der Waals surface area contributed by atoms with Crippen LogP contribution in [0.15, 0.2) is 41.5 Å². The van der Waals surface area contributed by atoms with Crippen LogP contribution in [-0.4, -0.2) is 5.87 Å². The molecule has 0 saturated heterocycles. The summed E-state index contributed by atoms with van der Waals surface area (Å²) in [6.07, 6.45) is 9.12. The first-order valence-corrected chi connectivity index (χ1v) is 3.13. The summed E-state index contributed by atoms with van der Waals surface area (Å²) in [6, 6.07) is 1.85. The highest BCUT2D eigenvalue weighted by Gasteiger charge is 1.93. The minimum absolute atomic E-state index is 0.246. The molecular formula is C9H6N2. The van der Waals surface area contributed by atoms with Crippen LogP contribution in [0.5, 0.6) is 0 Å². The standard InChI is InChI=1S/C9H6N2/c10-6-9(7-11)5-8-3-1-2-4-8/h1-5,10H. The molecule has 0 radical (unpaired) electrons. The van der Waals surface area contributed by atoms with Gasteiger partial charge in [-0.05, 0) is 17.5 Å². The maximum Gasteiger partial charge on any atom is 0.113 e. The van der Waals surface area contributed by atoms with Gasteiger partial charge in [0.1, 0.15) is 11.6 Å². The maximum absolute atomic E-state index is 8.42. The number of hydrogen-bond acceptors (Lipinski definition) is 2. The van der Waals surface area contributed by atoms with Gasteiger partial charge in [-0.3, -0.25) is 5.41 Å². The molecule has 11 heavy (non-hydrogen) atoms. The Balaban J connectivity index is 2.90. The number of nitrogens with zero attached hydrogens (tertiary/aromatic N) is 1. The lowest BCUT2D eigenvalue weighted by Gasteiger charge is -1.84. The summed E-state index contributed by atoms with van der Waals surface area (Å²) < 4.78 is 0. The van der Waals surface area contributed by atoms with Crippen molar-refractivity contribution < 1.29 is 0 Å². The predicted molar refractivity (Wildman–Crippen MR) is 43.2 cm³/mol. The van der Waals surface area contributed by atoms with E-state index < -0.39 is 0 Å². The van der Waals surface area contributed by atoms with Crippen molar-refractivity contribution in [3.05, 3.63) is 41.5 Å². The Labute approximate surface area is 65.0 Å². The van der Waals surface area contributed by atoms with Crippen molar-refractivity contribution >= 4 is 5.87 Å². The molecule has 0 aliphatic heterocycles. The van der Waals surface area contributed by atoms with Gasteiger partial charge in [0.05, 0.1) is 0 Å². The Kier molecular flexibility index (Phi) is 2.22. The summed E-state index contributed by atoms with van der Waals surface area (Å²) in [6.45, 7) is 0. The van der Waals surface area contributed by atoms with Crippen LogP contribution in [0.4, 0.5) is 0 Å². The van der Waals surface area contributed by atoms with Crippen LogP contribution in [0.3, 0.4) is 0 Å². The van der Waals surface area contributed by atoms with Gasteiger partial charge in [-0.1, -0.05) is 24.3 Å². The second kappa shape index (κ2) is 3.36. The Morgan fingerprint density at radius 3 is 2.55 bits per heavy atom. The van der Waals surface area contributed by atoms with Gasteiger partial charge in [0.15, 0.2) is 0 Å². The summed E-state index contributed by atoms with van der Waals surface area (Å²) in [5.41, 5.74) is 1.18. The molecule has 2 nitrogen and oxygen atoms in total. The third-order valence-electron chi connectivity index (χ3n) is 1.25. The van der Waals surface area contributed by atoms with Crippen LogP contribution in [0.1, 0.15) is 0 Å². The van der Waals surface area contributed by atoms with Crippen LogP contribution in [0.2, 0.25) is 0 Å². The highest BCUT2D eigenvalue weighted by atomic mass is 14.3. The highest BCUT2D eigenvalue weighted by molar-refractivity contribution is 5.67. The van der Waals surface area contributed by atoms with Gasteiger partial charge in [0, 0.05) is 0 Å². The summed E-state index contributed by atoms with van der Waals surface area (Å²) in [7, 11) is 0. The van der Waals surface area contributed by atoms with E-state index in [-0.39, 0.29) is 5.57 Å². The first-order valence-electron chi connectivity index (χ1n) is 3.13. The van der Waals surface area contributed by atoms with E-state index in [9.17, 15) is 0 Å². The van der Waals surface area contributed by atoms with Gasteiger partial charge >= 0.3 is 0 Å². The molecule has 0 spiro atoms. The van der Waals surface area contributed by atoms with Crippen LogP contribution >= 0.6 is 0 Å². The van der Waals surface area contributed by atoms with E-state index in [1.165, 1.54) is 0 Å². The van der Waals surface area contributed by atoms with Gasteiger partial charge in [-0.2, -0.15) is 5.26 Å². The quantitative estimate of drug-likeness (QED) is 0.440. The second-order valence-electron chi connectivity index (χ2n) is 2.01. The summed E-state index contributed by atoms with van der Waals surface area (Å²) in [4.78, 5) is 0. The molecule has 1 aliphatic carbocycles. The fourth-order valence-electron chi connectivity index (χ4n) is 0.748. The lowest BCUT2D eigenvalue weighted by molar-refractivity contribution is 1.49. The first kappa shape index (κ1) is 7.27. The number of hydrogen-bond donors (Lipinski definition) is 1. The van der Waals surface area contributed by atoms with Crippen LogP contribution < -0.4 is 0 Å². The van der Waals surface area contributed by atoms with Gasteiger partial charge in [0.2, 0.25) is 0 Å². The third kappa shape index (κ3) is 1.79. The molecule has 1 aliphatic rings. The smallest absolute Gasteiger partial charge is 0.113 e. The zero-order valence-electron chi connectivity index (χ0n) is 5.83. The van der Waals surface area contributed by atoms with Gasteiger partial charge < -0.3 is 0 Å². The molecule has 0 atom stereocenters. The van der Waals surface area contributed by atoms with Crippen molar-refractivity contribution in [2.24, 2.45) is 0 Å². The fraction of sp³-hybridized carbons (Fsp3) is 0. The van der Waals surface area contributed by atoms with E-state index in [0.717, 1.165) is 5.57 Å². The molecule has 0 amide bonds. The van der Waals surface area contributed by atoms with E-state index in [1.807, 2.05) is 36.2 Å². The van der Waals surface area contributed by atoms with E-state index in [4.69, 9.17) is 10.7 Å². The summed E-state index contributed by atoms with van der Waals surface area (Å²) >= 11 is 0. The zero-order chi connectivity index (χ0) is 8.10. The molecule has 1 rings (SSSR count). The molecule has 0 fully saturated rings. The van der Waals surface area contributed by atoms with E-state index in [0.29, 0.717) is 0 Å². The van der Waals surface area contributed by atoms with Gasteiger partial charge in [-0.15, -0.1) is 0 Å². The van der Waals surface area contributed by atoms with Crippen molar-refractivity contribution in [2.75, 3.05) is 0 Å². The van der Waals surface area contributed by atoms with Gasteiger partial charge in [-0.25, -0.2) is 0 Å². The first-order chi connectivity index (χ1) is 5.36. The summed E-state index contributed by atoms with van der Waals surface area (Å²) in [5, 5.41) is 15.1. The van der Waals surface area contributed by atoms with E-state index in [1.54, 1.807) is 6.08 Å². The van der Waals surface area contributed by atoms with E-state index >= 15 is 0 Å². The molecule has 0 aromatic heterocycles. The molecule has 0 bridgehead atoms. The Bertz CT molecular complexity index is 317. The molecule has 2 heteroatoms. The zero-order valence-corrected chi connectivity index (χ0v) is 5.83. The molecule has 0 heterocycles. The number of nitrogens with one attached hydrogen (secondary N) is 1. The largest absolute Gasteiger partial charge is 0.258 e. The monoisotopic (exact) mass is 142 g/mol. The lowest BCUT2D eigenvalue weighted by Crippen LogP contribution is -1.74. The SMILES string of the molecule is N#CC(=C=N)C=C1C=CC=C1. The fourth-order valence-corrected chi connectivity index (χ4v) is 0.748. The third-order valence-corrected chi connectivity index (χ3v) is 1.25. The molecule has 1 N–H and O–H groups in total. The van der Waals surface area contributed by atoms with Crippen molar-refractivity contribution in [3.63, 3.8) is 0 Å². The molecule has 0 aromatic carbocycles. The minimum atomic E-state index is 0.246. The molecule has 52 valence electrons. The Morgan fingerprint density at radius 1 is 1.45 bits per heavy atom. The second-order valence-corrected chi connectivity index (χ2v) is 2.01. The Hall–Kier alpha value is -1.84. The van der Waals surface area contributed by atoms with Crippen LogP contribution in [-0.2, 0) is 0 Å². The highest BCUT2D eigenvalue weighted by Crippen LogP contribution is 2.08. The van der Waals surface area contributed by atoms with Crippen molar-refractivity contribution in [1.29, 1.82) is 10.7 Å². The van der Waals surface area contributed by atoms with Gasteiger partial charge in [0.25, 0.3) is 0 Å². The summed E-state index contributed by atoms with van der Waals surface area (Å²) in [5.74, 6) is 2.04. The predicted octanol–water partition coefficient (Wildman–Crippen LogP) is 1.74. The van der Waals surface area contributed by atoms with Crippen LogP contribution in [0.25, 0.3) is 0 Å². The number of rotatable bonds is 1. The van der Waals surface area contributed by atoms with Crippen molar-refractivity contribution in [3.8, 4) is 6.07 Å². The molecule has 0 aromatic rings. The molecule has 0 unspecified atom stereocenters. The van der Waals surface area contributed by atoms with Crippen molar-refractivity contribution in [1.82, 2.24) is 0 Å². The average molecular weight is 142 g/mol. The number of allylic oxidation sites excluding steroid dienone is 7. The maximum atomic E-state index is 8.42. The normalized spacial score (nSPS) is 12.5.